The molecule has 0 amide bonds. The Labute approximate surface area is 96.6 Å². The van der Waals surface area contributed by atoms with Gasteiger partial charge >= 0.3 is 0 Å². The first-order valence-corrected chi connectivity index (χ1v) is 7.28. The Morgan fingerprint density at radius 1 is 1.38 bits per heavy atom. The lowest BCUT2D eigenvalue weighted by Gasteiger charge is -2.11. The third-order valence-electron chi connectivity index (χ3n) is 3.64. The topological polar surface area (TPSA) is 60.2 Å². The van der Waals surface area contributed by atoms with Gasteiger partial charge in [0, 0.05) is 6.26 Å². The second-order valence-electron chi connectivity index (χ2n) is 4.85. The highest BCUT2D eigenvalue weighted by Gasteiger charge is 2.49. The first-order valence-electron chi connectivity index (χ1n) is 5.38. The van der Waals surface area contributed by atoms with Crippen LogP contribution >= 0.6 is 0 Å². The van der Waals surface area contributed by atoms with Crippen LogP contribution in [0.15, 0.2) is 29.2 Å². The summed E-state index contributed by atoms with van der Waals surface area (Å²) in [6, 6.07) is 7.18. The predicted octanol–water partition coefficient (Wildman–Crippen LogP) is 1.33. The predicted molar refractivity (Wildman–Crippen MR) is 64.1 cm³/mol. The Morgan fingerprint density at radius 3 is 2.31 bits per heavy atom. The summed E-state index contributed by atoms with van der Waals surface area (Å²) in [4.78, 5) is 0.379. The molecule has 0 spiro atoms. The Bertz CT molecular complexity index is 492. The summed E-state index contributed by atoms with van der Waals surface area (Å²) in [7, 11) is -3.09. The van der Waals surface area contributed by atoms with E-state index in [1.807, 2.05) is 12.1 Å². The number of sulfone groups is 1. The standard InChI is InChI=1S/C12H17NO2S/c1-12(7-10(12)8-13)9-3-5-11(6-4-9)16(2,14)15/h3-6,10H,7-8,13H2,1-2H3. The van der Waals surface area contributed by atoms with Crippen molar-refractivity contribution in [3.8, 4) is 0 Å². The summed E-state index contributed by atoms with van der Waals surface area (Å²) in [5.74, 6) is 0.539. The van der Waals surface area contributed by atoms with E-state index in [0.717, 1.165) is 6.42 Å². The average molecular weight is 239 g/mol. The van der Waals surface area contributed by atoms with Gasteiger partial charge in [-0.25, -0.2) is 8.42 Å². The molecule has 16 heavy (non-hydrogen) atoms. The zero-order chi connectivity index (χ0) is 12.0. The quantitative estimate of drug-likeness (QED) is 0.865. The van der Waals surface area contributed by atoms with Crippen LogP contribution in [0.25, 0.3) is 0 Å². The lowest BCUT2D eigenvalue weighted by Crippen LogP contribution is -2.11. The van der Waals surface area contributed by atoms with Crippen molar-refractivity contribution in [2.45, 2.75) is 23.7 Å². The van der Waals surface area contributed by atoms with Crippen LogP contribution in [0, 0.1) is 5.92 Å². The monoisotopic (exact) mass is 239 g/mol. The largest absolute Gasteiger partial charge is 0.330 e. The summed E-state index contributed by atoms with van der Waals surface area (Å²) in [6.45, 7) is 2.88. The molecule has 0 aliphatic heterocycles. The molecular weight excluding hydrogens is 222 g/mol. The minimum Gasteiger partial charge on any atom is -0.330 e. The van der Waals surface area contributed by atoms with Gasteiger partial charge in [0.25, 0.3) is 0 Å². The maximum Gasteiger partial charge on any atom is 0.175 e. The maximum absolute atomic E-state index is 11.3. The van der Waals surface area contributed by atoms with Crippen LogP contribution in [0.3, 0.4) is 0 Å². The first-order chi connectivity index (χ1) is 7.38. The molecule has 1 aromatic carbocycles. The molecule has 3 nitrogen and oxygen atoms in total. The summed E-state index contributed by atoms with van der Waals surface area (Å²) >= 11 is 0. The minimum absolute atomic E-state index is 0.158. The Balaban J connectivity index is 2.28. The Hall–Kier alpha value is -0.870. The van der Waals surface area contributed by atoms with Crippen molar-refractivity contribution in [1.82, 2.24) is 0 Å². The molecule has 88 valence electrons. The van der Waals surface area contributed by atoms with E-state index in [0.29, 0.717) is 17.4 Å². The van der Waals surface area contributed by atoms with Crippen LogP contribution in [-0.2, 0) is 15.3 Å². The molecule has 1 aromatic rings. The Morgan fingerprint density at radius 2 is 1.94 bits per heavy atom. The van der Waals surface area contributed by atoms with Crippen LogP contribution in [0.4, 0.5) is 0 Å². The second kappa shape index (κ2) is 3.57. The van der Waals surface area contributed by atoms with Gasteiger partial charge in [-0.2, -0.15) is 0 Å². The highest BCUT2D eigenvalue weighted by molar-refractivity contribution is 7.90. The normalized spacial score (nSPS) is 29.1. The van der Waals surface area contributed by atoms with Crippen LogP contribution in [0.5, 0.6) is 0 Å². The zero-order valence-corrected chi connectivity index (χ0v) is 10.4. The third kappa shape index (κ3) is 1.87. The molecule has 1 aliphatic rings. The molecule has 0 heterocycles. The first kappa shape index (κ1) is 11.6. The van der Waals surface area contributed by atoms with Crippen molar-refractivity contribution in [2.75, 3.05) is 12.8 Å². The van der Waals surface area contributed by atoms with E-state index >= 15 is 0 Å². The summed E-state index contributed by atoms with van der Waals surface area (Å²) < 4.78 is 22.6. The fraction of sp³-hybridized carbons (Fsp3) is 0.500. The van der Waals surface area contributed by atoms with E-state index in [1.54, 1.807) is 12.1 Å². The van der Waals surface area contributed by atoms with Crippen LogP contribution in [0.2, 0.25) is 0 Å². The van der Waals surface area contributed by atoms with Gasteiger partial charge in [-0.3, -0.25) is 0 Å². The fourth-order valence-corrected chi connectivity index (χ4v) is 2.86. The fourth-order valence-electron chi connectivity index (χ4n) is 2.23. The van der Waals surface area contributed by atoms with Gasteiger partial charge in [0.1, 0.15) is 0 Å². The van der Waals surface area contributed by atoms with Crippen molar-refractivity contribution in [1.29, 1.82) is 0 Å². The van der Waals surface area contributed by atoms with Gasteiger partial charge < -0.3 is 5.73 Å². The molecular formula is C12H17NO2S. The number of benzene rings is 1. The lowest BCUT2D eigenvalue weighted by molar-refractivity contribution is 0.601. The van der Waals surface area contributed by atoms with Crippen molar-refractivity contribution in [3.63, 3.8) is 0 Å². The van der Waals surface area contributed by atoms with Gasteiger partial charge in [0.15, 0.2) is 9.84 Å². The van der Waals surface area contributed by atoms with Crippen molar-refractivity contribution < 1.29 is 8.42 Å². The van der Waals surface area contributed by atoms with Crippen LogP contribution in [0.1, 0.15) is 18.9 Å². The number of nitrogens with two attached hydrogens (primary N) is 1. The molecule has 4 heteroatoms. The minimum atomic E-state index is -3.09. The number of hydrogen-bond acceptors (Lipinski definition) is 3. The molecule has 1 saturated carbocycles. The molecule has 2 unspecified atom stereocenters. The molecule has 2 rings (SSSR count). The molecule has 2 N–H and O–H groups in total. The van der Waals surface area contributed by atoms with Crippen molar-refractivity contribution in [2.24, 2.45) is 11.7 Å². The van der Waals surface area contributed by atoms with Gasteiger partial charge in [0.05, 0.1) is 4.90 Å². The molecule has 2 atom stereocenters. The van der Waals surface area contributed by atoms with Gasteiger partial charge in [0.2, 0.25) is 0 Å². The van der Waals surface area contributed by atoms with Gasteiger partial charge in [-0.1, -0.05) is 19.1 Å². The average Bonchev–Trinajstić information content (AvgIpc) is 2.90. The van der Waals surface area contributed by atoms with Crippen molar-refractivity contribution >= 4 is 9.84 Å². The van der Waals surface area contributed by atoms with E-state index in [1.165, 1.54) is 11.8 Å². The molecule has 1 fully saturated rings. The lowest BCUT2D eigenvalue weighted by atomic mass is 9.96. The maximum atomic E-state index is 11.3. The third-order valence-corrected chi connectivity index (χ3v) is 4.77. The van der Waals surface area contributed by atoms with E-state index in [4.69, 9.17) is 5.73 Å². The van der Waals surface area contributed by atoms with Crippen LogP contribution < -0.4 is 5.73 Å². The van der Waals surface area contributed by atoms with E-state index in [2.05, 4.69) is 6.92 Å². The molecule has 0 saturated heterocycles. The molecule has 0 aromatic heterocycles. The van der Waals surface area contributed by atoms with Gasteiger partial charge in [-0.05, 0) is 42.0 Å². The number of rotatable bonds is 3. The molecule has 1 aliphatic carbocycles. The SMILES string of the molecule is CC1(c2ccc(S(C)(=O)=O)cc2)CC1CN. The van der Waals surface area contributed by atoms with E-state index < -0.39 is 9.84 Å². The zero-order valence-electron chi connectivity index (χ0n) is 9.60. The summed E-state index contributed by atoms with van der Waals surface area (Å²) in [5.41, 5.74) is 7.00. The Kier molecular flexibility index (Phi) is 2.59. The van der Waals surface area contributed by atoms with E-state index in [9.17, 15) is 8.42 Å². The highest BCUT2D eigenvalue weighted by Crippen LogP contribution is 2.53. The molecule has 0 bridgehead atoms. The van der Waals surface area contributed by atoms with Crippen molar-refractivity contribution in [3.05, 3.63) is 29.8 Å². The molecule has 0 radical (unpaired) electrons. The summed E-state index contributed by atoms with van der Waals surface area (Å²) in [5, 5.41) is 0. The number of hydrogen-bond donors (Lipinski definition) is 1. The highest BCUT2D eigenvalue weighted by atomic mass is 32.2. The van der Waals surface area contributed by atoms with E-state index in [-0.39, 0.29) is 5.41 Å². The summed E-state index contributed by atoms with van der Waals surface area (Å²) in [6.07, 6.45) is 2.32. The second-order valence-corrected chi connectivity index (χ2v) is 6.87. The van der Waals surface area contributed by atoms with Gasteiger partial charge in [-0.15, -0.1) is 0 Å². The van der Waals surface area contributed by atoms with Crippen LogP contribution in [-0.4, -0.2) is 21.2 Å². The smallest absolute Gasteiger partial charge is 0.175 e.